The summed E-state index contributed by atoms with van der Waals surface area (Å²) in [6, 6.07) is 7.10. The molecule has 1 heterocycles. The van der Waals surface area contributed by atoms with Crippen LogP contribution in [0.3, 0.4) is 0 Å². The summed E-state index contributed by atoms with van der Waals surface area (Å²) >= 11 is 0. The fourth-order valence-electron chi connectivity index (χ4n) is 2.17. The maximum Gasteiger partial charge on any atom is 0.128 e. The number of hydrogen-bond acceptors (Lipinski definition) is 3. The largest absolute Gasteiger partial charge is 0.508 e. The van der Waals surface area contributed by atoms with Crippen molar-refractivity contribution in [3.8, 4) is 16.9 Å². The highest BCUT2D eigenvalue weighted by Crippen LogP contribution is 2.20. The molecule has 0 bridgehead atoms. The van der Waals surface area contributed by atoms with Crippen molar-refractivity contribution in [1.29, 1.82) is 0 Å². The highest BCUT2D eigenvalue weighted by molar-refractivity contribution is 5.62. The molecule has 0 saturated carbocycles. The SMILES string of the molecule is CCCCCCCc1ncc(-c2ccc(O)cc2)cn1. The summed E-state index contributed by atoms with van der Waals surface area (Å²) in [5.74, 6) is 1.20. The van der Waals surface area contributed by atoms with Crippen molar-refractivity contribution in [3.05, 3.63) is 42.5 Å². The van der Waals surface area contributed by atoms with Gasteiger partial charge in [-0.25, -0.2) is 9.97 Å². The third kappa shape index (κ3) is 4.34. The second-order valence-corrected chi connectivity index (χ2v) is 5.10. The molecule has 106 valence electrons. The molecule has 3 heteroatoms. The van der Waals surface area contributed by atoms with Crippen molar-refractivity contribution >= 4 is 0 Å². The Labute approximate surface area is 120 Å². The first-order valence-corrected chi connectivity index (χ1v) is 7.40. The van der Waals surface area contributed by atoms with Crippen LogP contribution in [0.25, 0.3) is 11.1 Å². The van der Waals surface area contributed by atoms with E-state index >= 15 is 0 Å². The molecule has 0 aliphatic carbocycles. The van der Waals surface area contributed by atoms with Gasteiger partial charge < -0.3 is 5.11 Å². The predicted molar refractivity (Wildman–Crippen MR) is 81.6 cm³/mol. The Morgan fingerprint density at radius 3 is 2.15 bits per heavy atom. The number of aromatic nitrogens is 2. The van der Waals surface area contributed by atoms with Crippen LogP contribution in [0.15, 0.2) is 36.7 Å². The van der Waals surface area contributed by atoms with E-state index in [9.17, 15) is 5.11 Å². The average molecular weight is 270 g/mol. The Morgan fingerprint density at radius 1 is 0.850 bits per heavy atom. The second-order valence-electron chi connectivity index (χ2n) is 5.10. The monoisotopic (exact) mass is 270 g/mol. The minimum atomic E-state index is 0.276. The lowest BCUT2D eigenvalue weighted by Gasteiger charge is -2.03. The molecule has 0 amide bonds. The van der Waals surface area contributed by atoms with Crippen LogP contribution in [0.1, 0.15) is 44.9 Å². The topological polar surface area (TPSA) is 46.0 Å². The van der Waals surface area contributed by atoms with E-state index in [4.69, 9.17) is 0 Å². The van der Waals surface area contributed by atoms with Gasteiger partial charge >= 0.3 is 0 Å². The molecule has 2 aromatic rings. The molecule has 0 saturated heterocycles. The molecule has 0 atom stereocenters. The van der Waals surface area contributed by atoms with Crippen LogP contribution in [0.5, 0.6) is 5.75 Å². The summed E-state index contributed by atoms with van der Waals surface area (Å²) in [5.41, 5.74) is 2.01. The quantitative estimate of drug-likeness (QED) is 0.760. The van der Waals surface area contributed by atoms with Crippen LogP contribution in [0.2, 0.25) is 0 Å². The lowest BCUT2D eigenvalue weighted by Crippen LogP contribution is -1.95. The van der Waals surface area contributed by atoms with E-state index < -0.39 is 0 Å². The van der Waals surface area contributed by atoms with Gasteiger partial charge in [0.15, 0.2) is 0 Å². The molecule has 0 aliphatic rings. The molecule has 1 aromatic heterocycles. The van der Waals surface area contributed by atoms with Crippen molar-refractivity contribution < 1.29 is 5.11 Å². The third-order valence-corrected chi connectivity index (χ3v) is 3.41. The van der Waals surface area contributed by atoms with Crippen molar-refractivity contribution in [2.24, 2.45) is 0 Å². The molecule has 1 aromatic carbocycles. The molecule has 2 rings (SSSR count). The van der Waals surface area contributed by atoms with Crippen molar-refractivity contribution in [2.45, 2.75) is 45.4 Å². The zero-order valence-corrected chi connectivity index (χ0v) is 12.0. The molecule has 20 heavy (non-hydrogen) atoms. The third-order valence-electron chi connectivity index (χ3n) is 3.41. The smallest absolute Gasteiger partial charge is 0.128 e. The fraction of sp³-hybridized carbons (Fsp3) is 0.412. The van der Waals surface area contributed by atoms with E-state index in [0.717, 1.165) is 23.4 Å². The summed E-state index contributed by atoms with van der Waals surface area (Å²) in [5, 5.41) is 9.28. The summed E-state index contributed by atoms with van der Waals surface area (Å²) in [6.45, 7) is 2.23. The van der Waals surface area contributed by atoms with Gasteiger partial charge in [0.2, 0.25) is 0 Å². The van der Waals surface area contributed by atoms with Gasteiger partial charge in [0.25, 0.3) is 0 Å². The predicted octanol–water partition coefficient (Wildman–Crippen LogP) is 4.36. The van der Waals surface area contributed by atoms with E-state index in [0.29, 0.717) is 0 Å². The first kappa shape index (κ1) is 14.5. The van der Waals surface area contributed by atoms with E-state index in [-0.39, 0.29) is 5.75 Å². The van der Waals surface area contributed by atoms with E-state index in [2.05, 4.69) is 16.9 Å². The number of unbranched alkanes of at least 4 members (excludes halogenated alkanes) is 4. The lowest BCUT2D eigenvalue weighted by atomic mass is 10.1. The fourth-order valence-corrected chi connectivity index (χ4v) is 2.17. The number of nitrogens with zero attached hydrogens (tertiary/aromatic N) is 2. The van der Waals surface area contributed by atoms with Gasteiger partial charge in [0.05, 0.1) is 0 Å². The molecule has 0 unspecified atom stereocenters. The van der Waals surface area contributed by atoms with Crippen LogP contribution in [-0.4, -0.2) is 15.1 Å². The summed E-state index contributed by atoms with van der Waals surface area (Å²) < 4.78 is 0. The molecule has 3 nitrogen and oxygen atoms in total. The summed E-state index contributed by atoms with van der Waals surface area (Å²) in [7, 11) is 0. The Morgan fingerprint density at radius 2 is 1.50 bits per heavy atom. The number of benzene rings is 1. The number of phenols is 1. The van der Waals surface area contributed by atoms with Gasteiger partial charge in [0, 0.05) is 24.4 Å². The minimum absolute atomic E-state index is 0.276. The van der Waals surface area contributed by atoms with E-state index in [1.54, 1.807) is 12.1 Å². The minimum Gasteiger partial charge on any atom is -0.508 e. The Kier molecular flexibility index (Phi) is 5.54. The first-order chi connectivity index (χ1) is 9.79. The zero-order chi connectivity index (χ0) is 14.2. The highest BCUT2D eigenvalue weighted by Gasteiger charge is 2.01. The van der Waals surface area contributed by atoms with Crippen LogP contribution < -0.4 is 0 Å². The molecule has 0 spiro atoms. The maximum absolute atomic E-state index is 9.28. The van der Waals surface area contributed by atoms with Crippen molar-refractivity contribution in [1.82, 2.24) is 9.97 Å². The van der Waals surface area contributed by atoms with Crippen LogP contribution in [0.4, 0.5) is 0 Å². The zero-order valence-electron chi connectivity index (χ0n) is 12.0. The van der Waals surface area contributed by atoms with Crippen LogP contribution in [-0.2, 0) is 6.42 Å². The number of aromatic hydroxyl groups is 1. The Hall–Kier alpha value is -1.90. The average Bonchev–Trinajstić information content (AvgIpc) is 2.49. The Bertz CT molecular complexity index is 506. The summed E-state index contributed by atoms with van der Waals surface area (Å²) in [6.07, 6.45) is 11.0. The molecule has 0 aliphatic heterocycles. The maximum atomic E-state index is 9.28. The van der Waals surface area contributed by atoms with Gasteiger partial charge in [-0.15, -0.1) is 0 Å². The lowest BCUT2D eigenvalue weighted by molar-refractivity contribution is 0.475. The molecule has 0 radical (unpaired) electrons. The van der Waals surface area contributed by atoms with Gasteiger partial charge in [-0.05, 0) is 24.1 Å². The highest BCUT2D eigenvalue weighted by atomic mass is 16.3. The summed E-state index contributed by atoms with van der Waals surface area (Å²) in [4.78, 5) is 8.84. The van der Waals surface area contributed by atoms with Crippen molar-refractivity contribution in [3.63, 3.8) is 0 Å². The van der Waals surface area contributed by atoms with E-state index in [1.807, 2.05) is 24.5 Å². The standard InChI is InChI=1S/C17H22N2O/c1-2-3-4-5-6-7-17-18-12-15(13-19-17)14-8-10-16(20)11-9-14/h8-13,20H,2-7H2,1H3. The van der Waals surface area contributed by atoms with Crippen LogP contribution in [0, 0.1) is 0 Å². The second kappa shape index (κ2) is 7.63. The molecule has 0 fully saturated rings. The number of phenolic OH excluding ortho intramolecular Hbond substituents is 1. The normalized spacial score (nSPS) is 10.7. The van der Waals surface area contributed by atoms with Crippen molar-refractivity contribution in [2.75, 3.05) is 0 Å². The van der Waals surface area contributed by atoms with Crippen LogP contribution >= 0.6 is 0 Å². The Balaban J connectivity index is 1.88. The number of rotatable bonds is 7. The number of hydrogen-bond donors (Lipinski definition) is 1. The number of aryl methyl sites for hydroxylation is 1. The van der Waals surface area contributed by atoms with E-state index in [1.165, 1.54) is 32.1 Å². The molecule has 1 N–H and O–H groups in total. The molecular weight excluding hydrogens is 248 g/mol. The first-order valence-electron chi connectivity index (χ1n) is 7.40. The molecular formula is C17H22N2O. The van der Waals surface area contributed by atoms with Gasteiger partial charge in [-0.2, -0.15) is 0 Å². The van der Waals surface area contributed by atoms with Gasteiger partial charge in [-0.3, -0.25) is 0 Å². The van der Waals surface area contributed by atoms with Gasteiger partial charge in [0.1, 0.15) is 11.6 Å². The van der Waals surface area contributed by atoms with Gasteiger partial charge in [-0.1, -0.05) is 44.7 Å².